The smallest absolute Gasteiger partial charge is 0.272 e. The van der Waals surface area contributed by atoms with Crippen LogP contribution in [0.25, 0.3) is 0 Å². The maximum absolute atomic E-state index is 13.6. The second kappa shape index (κ2) is 9.78. The zero-order valence-corrected chi connectivity index (χ0v) is 18.4. The molecule has 31 heavy (non-hydrogen) atoms. The molecule has 1 aromatic heterocycles. The van der Waals surface area contributed by atoms with Gasteiger partial charge in [-0.15, -0.1) is 0 Å². The zero-order chi connectivity index (χ0) is 22.5. The fraction of sp³-hybridized carbons (Fsp3) is 0.429. The molecule has 1 aliphatic carbocycles. The highest BCUT2D eigenvalue weighted by atomic mass is 32.1. The van der Waals surface area contributed by atoms with Crippen LogP contribution in [0.4, 0.5) is 11.4 Å². The molecule has 1 fully saturated rings. The summed E-state index contributed by atoms with van der Waals surface area (Å²) in [4.78, 5) is 39.7. The standard InChI is InChI=1S/C21H27N5O4S/c1-3-15(20(28)24-12-6-4-5-7-12)26(13-8-10-14(30-2)11-9-13)21(29)18-16(22)17(19(23)27)25-31-18/h8-12,15H,3-7,22H2,1-2H3,(H2,23,27)(H,24,28)/t15-/m1/s1. The number of ether oxygens (including phenoxy) is 1. The minimum Gasteiger partial charge on any atom is -0.497 e. The summed E-state index contributed by atoms with van der Waals surface area (Å²) in [5, 5.41) is 3.07. The largest absolute Gasteiger partial charge is 0.497 e. The van der Waals surface area contributed by atoms with Crippen LogP contribution in [0.2, 0.25) is 0 Å². The lowest BCUT2D eigenvalue weighted by molar-refractivity contribution is -0.123. The maximum Gasteiger partial charge on any atom is 0.272 e. The third-order valence-electron chi connectivity index (χ3n) is 5.43. The molecule has 9 nitrogen and oxygen atoms in total. The summed E-state index contributed by atoms with van der Waals surface area (Å²) in [6.07, 6.45) is 4.41. The van der Waals surface area contributed by atoms with Crippen LogP contribution in [0, 0.1) is 0 Å². The van der Waals surface area contributed by atoms with Gasteiger partial charge in [-0.1, -0.05) is 19.8 Å². The molecule has 0 spiro atoms. The number of nitrogens with two attached hydrogens (primary N) is 2. The van der Waals surface area contributed by atoms with Crippen molar-refractivity contribution in [2.24, 2.45) is 5.73 Å². The number of hydrogen-bond donors (Lipinski definition) is 3. The van der Waals surface area contributed by atoms with Crippen molar-refractivity contribution in [3.63, 3.8) is 0 Å². The highest BCUT2D eigenvalue weighted by Gasteiger charge is 2.34. The average Bonchev–Trinajstić information content (AvgIpc) is 3.41. The minimum atomic E-state index is -0.810. The Morgan fingerprint density at radius 2 is 1.90 bits per heavy atom. The molecule has 1 aromatic carbocycles. The maximum atomic E-state index is 13.6. The Morgan fingerprint density at radius 3 is 2.42 bits per heavy atom. The number of amides is 3. The quantitative estimate of drug-likeness (QED) is 0.569. The summed E-state index contributed by atoms with van der Waals surface area (Å²) in [7, 11) is 1.55. The van der Waals surface area contributed by atoms with Gasteiger partial charge >= 0.3 is 0 Å². The Labute approximate surface area is 184 Å². The van der Waals surface area contributed by atoms with Crippen molar-refractivity contribution < 1.29 is 19.1 Å². The number of primary amides is 1. The van der Waals surface area contributed by atoms with E-state index >= 15 is 0 Å². The predicted octanol–water partition coefficient (Wildman–Crippen LogP) is 2.32. The molecule has 0 aliphatic heterocycles. The van der Waals surface area contributed by atoms with E-state index in [-0.39, 0.29) is 28.2 Å². The van der Waals surface area contributed by atoms with Gasteiger partial charge in [-0.05, 0) is 55.1 Å². The topological polar surface area (TPSA) is 141 Å². The Bertz CT molecular complexity index is 953. The van der Waals surface area contributed by atoms with Gasteiger partial charge in [-0.3, -0.25) is 19.3 Å². The van der Waals surface area contributed by atoms with Gasteiger partial charge in [0, 0.05) is 11.7 Å². The number of aromatic nitrogens is 1. The fourth-order valence-corrected chi connectivity index (χ4v) is 4.52. The SMILES string of the molecule is CC[C@H](C(=O)NC1CCCC1)N(C(=O)c1snc(C(N)=O)c1N)c1ccc(OC)cc1. The number of hydrogen-bond acceptors (Lipinski definition) is 7. The van der Waals surface area contributed by atoms with E-state index in [0.29, 0.717) is 17.9 Å². The van der Waals surface area contributed by atoms with Crippen molar-refractivity contribution in [1.29, 1.82) is 0 Å². The van der Waals surface area contributed by atoms with Gasteiger partial charge in [0.15, 0.2) is 5.69 Å². The second-order valence-electron chi connectivity index (χ2n) is 7.43. The van der Waals surface area contributed by atoms with Gasteiger partial charge in [-0.2, -0.15) is 4.37 Å². The number of carbonyl (C=O) groups excluding carboxylic acids is 3. The highest BCUT2D eigenvalue weighted by Crippen LogP contribution is 2.29. The lowest BCUT2D eigenvalue weighted by Gasteiger charge is -2.31. The molecule has 5 N–H and O–H groups in total. The van der Waals surface area contributed by atoms with Crippen molar-refractivity contribution in [3.8, 4) is 5.75 Å². The number of nitrogens with one attached hydrogen (secondary N) is 1. The second-order valence-corrected chi connectivity index (χ2v) is 8.20. The molecular weight excluding hydrogens is 418 g/mol. The minimum absolute atomic E-state index is 0.0664. The van der Waals surface area contributed by atoms with Gasteiger partial charge in [-0.25, -0.2) is 0 Å². The summed E-state index contributed by atoms with van der Waals surface area (Å²) in [5.41, 5.74) is 11.6. The van der Waals surface area contributed by atoms with E-state index in [1.54, 1.807) is 31.4 Å². The van der Waals surface area contributed by atoms with Crippen LogP contribution in [-0.4, -0.2) is 41.3 Å². The van der Waals surface area contributed by atoms with Crippen molar-refractivity contribution in [3.05, 3.63) is 34.8 Å². The molecular formula is C21H27N5O4S. The number of rotatable bonds is 8. The van der Waals surface area contributed by atoms with Crippen LogP contribution in [0.15, 0.2) is 24.3 Å². The van der Waals surface area contributed by atoms with Crippen molar-refractivity contribution >= 4 is 40.6 Å². The number of benzene rings is 1. The third kappa shape index (κ3) is 4.79. The van der Waals surface area contributed by atoms with E-state index in [0.717, 1.165) is 37.2 Å². The molecule has 10 heteroatoms. The molecule has 0 saturated heterocycles. The molecule has 1 saturated carbocycles. The Morgan fingerprint density at radius 1 is 1.26 bits per heavy atom. The van der Waals surface area contributed by atoms with Crippen LogP contribution >= 0.6 is 11.5 Å². The van der Waals surface area contributed by atoms with Gasteiger partial charge in [0.1, 0.15) is 16.7 Å². The highest BCUT2D eigenvalue weighted by molar-refractivity contribution is 7.09. The Balaban J connectivity index is 1.99. The van der Waals surface area contributed by atoms with E-state index in [1.165, 1.54) is 4.90 Å². The molecule has 1 aliphatic rings. The van der Waals surface area contributed by atoms with Crippen molar-refractivity contribution in [2.75, 3.05) is 17.7 Å². The van der Waals surface area contributed by atoms with Crippen LogP contribution in [0.3, 0.4) is 0 Å². The summed E-state index contributed by atoms with van der Waals surface area (Å²) in [6.45, 7) is 1.84. The molecule has 0 radical (unpaired) electrons. The van der Waals surface area contributed by atoms with Crippen LogP contribution in [-0.2, 0) is 4.79 Å². The van der Waals surface area contributed by atoms with Crippen LogP contribution in [0.5, 0.6) is 5.75 Å². The monoisotopic (exact) mass is 445 g/mol. The fourth-order valence-electron chi connectivity index (χ4n) is 3.77. The molecule has 1 heterocycles. The van der Waals surface area contributed by atoms with E-state index in [4.69, 9.17) is 16.2 Å². The molecule has 0 bridgehead atoms. The molecule has 2 aromatic rings. The Kier molecular flexibility index (Phi) is 7.11. The Hall–Kier alpha value is -3.14. The van der Waals surface area contributed by atoms with Gasteiger partial charge in [0.2, 0.25) is 5.91 Å². The molecule has 1 atom stereocenters. The van der Waals surface area contributed by atoms with Gasteiger partial charge in [0.05, 0.1) is 12.8 Å². The predicted molar refractivity (Wildman–Crippen MR) is 119 cm³/mol. The third-order valence-corrected chi connectivity index (χ3v) is 6.28. The van der Waals surface area contributed by atoms with Crippen LogP contribution < -0.4 is 26.4 Å². The molecule has 3 rings (SSSR count). The summed E-state index contributed by atoms with van der Waals surface area (Å²) < 4.78 is 9.13. The number of anilines is 2. The summed E-state index contributed by atoms with van der Waals surface area (Å²) >= 11 is 0.792. The number of carbonyl (C=O) groups is 3. The van der Waals surface area contributed by atoms with E-state index in [2.05, 4.69) is 9.69 Å². The number of nitrogen functional groups attached to an aromatic ring is 1. The van der Waals surface area contributed by atoms with Gasteiger partial charge < -0.3 is 21.5 Å². The lowest BCUT2D eigenvalue weighted by atomic mass is 10.1. The van der Waals surface area contributed by atoms with Crippen molar-refractivity contribution in [2.45, 2.75) is 51.1 Å². The van der Waals surface area contributed by atoms with E-state index < -0.39 is 17.9 Å². The number of nitrogens with zero attached hydrogens (tertiary/aromatic N) is 2. The van der Waals surface area contributed by atoms with E-state index in [1.807, 2.05) is 6.92 Å². The molecule has 166 valence electrons. The van der Waals surface area contributed by atoms with Crippen molar-refractivity contribution in [1.82, 2.24) is 9.69 Å². The first kappa shape index (κ1) is 22.5. The first-order valence-electron chi connectivity index (χ1n) is 10.2. The molecule has 0 unspecified atom stereocenters. The van der Waals surface area contributed by atoms with Gasteiger partial charge in [0.25, 0.3) is 11.8 Å². The summed E-state index contributed by atoms with van der Waals surface area (Å²) in [5.74, 6) is -0.930. The molecule has 3 amide bonds. The first-order chi connectivity index (χ1) is 14.9. The number of methoxy groups -OCH3 is 1. The van der Waals surface area contributed by atoms with E-state index in [9.17, 15) is 14.4 Å². The first-order valence-corrected chi connectivity index (χ1v) is 11.0. The normalized spacial score (nSPS) is 14.8. The summed E-state index contributed by atoms with van der Waals surface area (Å²) in [6, 6.07) is 6.18. The average molecular weight is 446 g/mol. The zero-order valence-electron chi connectivity index (χ0n) is 17.6. The lowest BCUT2D eigenvalue weighted by Crippen LogP contribution is -2.51. The van der Waals surface area contributed by atoms with Crippen LogP contribution in [0.1, 0.15) is 59.2 Å².